The van der Waals surface area contributed by atoms with E-state index in [1.54, 1.807) is 0 Å². The molecule has 1 unspecified atom stereocenters. The average Bonchev–Trinajstić information content (AvgIpc) is 2.53. The topological polar surface area (TPSA) is 41.6 Å². The van der Waals surface area contributed by atoms with Crippen molar-refractivity contribution in [2.45, 2.75) is 13.0 Å². The van der Waals surface area contributed by atoms with Crippen molar-refractivity contribution >= 4 is 17.7 Å². The summed E-state index contributed by atoms with van der Waals surface area (Å²) >= 11 is 2.01. The van der Waals surface area contributed by atoms with Gasteiger partial charge in [0.15, 0.2) is 0 Å². The molecule has 0 aliphatic carbocycles. The van der Waals surface area contributed by atoms with Crippen molar-refractivity contribution in [3.8, 4) is 0 Å². The summed E-state index contributed by atoms with van der Waals surface area (Å²) in [7, 11) is 0. The molecular weight excluding hydrogens is 284 g/mol. The zero-order valence-electron chi connectivity index (χ0n) is 12.6. The van der Waals surface area contributed by atoms with Crippen LogP contribution >= 0.6 is 11.8 Å². The van der Waals surface area contributed by atoms with Crippen LogP contribution in [-0.2, 0) is 9.53 Å². The van der Waals surface area contributed by atoms with E-state index in [-0.39, 0.29) is 12.0 Å². The summed E-state index contributed by atoms with van der Waals surface area (Å²) in [6.07, 6.45) is 0. The number of hydrogen-bond donors (Lipinski definition) is 1. The lowest BCUT2D eigenvalue weighted by molar-refractivity contribution is -0.145. The molecule has 5 heteroatoms. The monoisotopic (exact) mass is 308 g/mol. The van der Waals surface area contributed by atoms with E-state index in [9.17, 15) is 4.79 Å². The van der Waals surface area contributed by atoms with Gasteiger partial charge in [-0.15, -0.1) is 0 Å². The number of benzene rings is 1. The second-order valence-electron chi connectivity index (χ2n) is 5.00. The quantitative estimate of drug-likeness (QED) is 0.780. The van der Waals surface area contributed by atoms with E-state index in [1.165, 1.54) is 11.5 Å². The third-order valence-electron chi connectivity index (χ3n) is 3.54. The first-order valence-electron chi connectivity index (χ1n) is 7.56. The number of esters is 1. The van der Waals surface area contributed by atoms with Crippen LogP contribution in [0.4, 0.5) is 0 Å². The Morgan fingerprint density at radius 3 is 2.71 bits per heavy atom. The van der Waals surface area contributed by atoms with Crippen molar-refractivity contribution in [2.24, 2.45) is 0 Å². The number of nitrogens with one attached hydrogen (secondary N) is 1. The van der Waals surface area contributed by atoms with Gasteiger partial charge in [-0.25, -0.2) is 4.79 Å². The molecule has 1 aromatic rings. The molecule has 1 aromatic carbocycles. The predicted octanol–water partition coefficient (Wildman–Crippen LogP) is 1.93. The largest absolute Gasteiger partial charge is 0.465 e. The van der Waals surface area contributed by atoms with Gasteiger partial charge in [-0.05, 0) is 12.5 Å². The SMILES string of the molecule is CCOC(=O)C(NCCN1CCSCC1)c1ccccc1. The number of ether oxygens (including phenoxy) is 1. The Labute approximate surface area is 131 Å². The summed E-state index contributed by atoms with van der Waals surface area (Å²) < 4.78 is 5.18. The zero-order chi connectivity index (χ0) is 14.9. The number of carbonyl (C=O) groups excluding carboxylic acids is 1. The van der Waals surface area contributed by atoms with Gasteiger partial charge < -0.3 is 9.64 Å². The smallest absolute Gasteiger partial charge is 0.327 e. The van der Waals surface area contributed by atoms with Crippen LogP contribution in [0.2, 0.25) is 0 Å². The second kappa shape index (κ2) is 9.07. The summed E-state index contributed by atoms with van der Waals surface area (Å²) in [5.41, 5.74) is 0.963. The Morgan fingerprint density at radius 1 is 1.33 bits per heavy atom. The number of nitrogens with zero attached hydrogens (tertiary/aromatic N) is 1. The third-order valence-corrected chi connectivity index (χ3v) is 4.48. The molecule has 1 aliphatic heterocycles. The highest BCUT2D eigenvalue weighted by Crippen LogP contribution is 2.14. The van der Waals surface area contributed by atoms with E-state index in [0.29, 0.717) is 6.61 Å². The molecule has 0 radical (unpaired) electrons. The molecular formula is C16H24N2O2S. The molecule has 0 amide bonds. The average molecular weight is 308 g/mol. The van der Waals surface area contributed by atoms with Crippen LogP contribution in [0.15, 0.2) is 30.3 Å². The highest BCUT2D eigenvalue weighted by Gasteiger charge is 2.21. The minimum atomic E-state index is -0.370. The standard InChI is InChI=1S/C16H24N2O2S/c1-2-20-16(19)15(14-6-4-3-5-7-14)17-8-9-18-10-12-21-13-11-18/h3-7,15,17H,2,8-13H2,1H3. The van der Waals surface area contributed by atoms with Crippen molar-refractivity contribution < 1.29 is 9.53 Å². The maximum Gasteiger partial charge on any atom is 0.327 e. The van der Waals surface area contributed by atoms with E-state index in [1.807, 2.05) is 49.0 Å². The Morgan fingerprint density at radius 2 is 2.05 bits per heavy atom. The molecule has 1 N–H and O–H groups in total. The summed E-state index contributed by atoms with van der Waals surface area (Å²) in [6.45, 7) is 6.30. The molecule has 0 bridgehead atoms. The fourth-order valence-corrected chi connectivity index (χ4v) is 3.38. The van der Waals surface area contributed by atoms with E-state index >= 15 is 0 Å². The third kappa shape index (κ3) is 5.34. The first-order chi connectivity index (χ1) is 10.3. The molecule has 1 aliphatic rings. The van der Waals surface area contributed by atoms with Gasteiger partial charge in [-0.3, -0.25) is 5.32 Å². The van der Waals surface area contributed by atoms with Crippen molar-refractivity contribution in [1.29, 1.82) is 0 Å². The molecule has 0 saturated carbocycles. The van der Waals surface area contributed by atoms with Crippen LogP contribution < -0.4 is 5.32 Å². The Balaban J connectivity index is 1.88. The van der Waals surface area contributed by atoms with Crippen LogP contribution in [0.1, 0.15) is 18.5 Å². The molecule has 1 heterocycles. The highest BCUT2D eigenvalue weighted by molar-refractivity contribution is 7.99. The van der Waals surface area contributed by atoms with E-state index in [2.05, 4.69) is 10.2 Å². The van der Waals surface area contributed by atoms with Crippen molar-refractivity contribution in [1.82, 2.24) is 10.2 Å². The van der Waals surface area contributed by atoms with Gasteiger partial charge in [0.05, 0.1) is 6.61 Å². The number of rotatable bonds is 7. The van der Waals surface area contributed by atoms with Crippen LogP contribution in [0, 0.1) is 0 Å². The summed E-state index contributed by atoms with van der Waals surface area (Å²) in [6, 6.07) is 9.41. The first-order valence-corrected chi connectivity index (χ1v) is 8.72. The summed E-state index contributed by atoms with van der Waals surface area (Å²) in [5, 5.41) is 3.34. The van der Waals surface area contributed by atoms with Gasteiger partial charge in [-0.1, -0.05) is 30.3 Å². The second-order valence-corrected chi connectivity index (χ2v) is 6.23. The highest BCUT2D eigenvalue weighted by atomic mass is 32.2. The molecule has 116 valence electrons. The molecule has 4 nitrogen and oxygen atoms in total. The fourth-order valence-electron chi connectivity index (χ4n) is 2.40. The molecule has 1 saturated heterocycles. The molecule has 0 aromatic heterocycles. The lowest BCUT2D eigenvalue weighted by Crippen LogP contribution is -2.40. The van der Waals surface area contributed by atoms with E-state index in [0.717, 1.165) is 31.7 Å². The lowest BCUT2D eigenvalue weighted by Gasteiger charge is -2.27. The maximum absolute atomic E-state index is 12.1. The molecule has 21 heavy (non-hydrogen) atoms. The van der Waals surface area contributed by atoms with Crippen LogP contribution in [0.25, 0.3) is 0 Å². The normalized spacial score (nSPS) is 17.4. The molecule has 1 fully saturated rings. The van der Waals surface area contributed by atoms with Crippen LogP contribution in [-0.4, -0.2) is 55.2 Å². The fraction of sp³-hybridized carbons (Fsp3) is 0.562. The van der Waals surface area contributed by atoms with Crippen molar-refractivity contribution in [2.75, 3.05) is 44.3 Å². The zero-order valence-corrected chi connectivity index (χ0v) is 13.4. The maximum atomic E-state index is 12.1. The van der Waals surface area contributed by atoms with E-state index < -0.39 is 0 Å². The number of thioether (sulfide) groups is 1. The minimum absolute atomic E-state index is 0.196. The Kier molecular flexibility index (Phi) is 7.06. The van der Waals surface area contributed by atoms with Crippen molar-refractivity contribution in [3.63, 3.8) is 0 Å². The predicted molar refractivity (Wildman–Crippen MR) is 87.6 cm³/mol. The van der Waals surface area contributed by atoms with Gasteiger partial charge in [-0.2, -0.15) is 11.8 Å². The first kappa shape index (κ1) is 16.3. The van der Waals surface area contributed by atoms with Crippen LogP contribution in [0.3, 0.4) is 0 Å². The van der Waals surface area contributed by atoms with E-state index in [4.69, 9.17) is 4.74 Å². The number of carbonyl (C=O) groups is 1. The van der Waals surface area contributed by atoms with Crippen LogP contribution in [0.5, 0.6) is 0 Å². The minimum Gasteiger partial charge on any atom is -0.465 e. The van der Waals surface area contributed by atoms with Gasteiger partial charge in [0.2, 0.25) is 0 Å². The number of hydrogen-bond acceptors (Lipinski definition) is 5. The summed E-state index contributed by atoms with van der Waals surface area (Å²) in [5.74, 6) is 2.22. The van der Waals surface area contributed by atoms with Gasteiger partial charge >= 0.3 is 5.97 Å². The molecule has 2 rings (SSSR count). The van der Waals surface area contributed by atoms with Gasteiger partial charge in [0.25, 0.3) is 0 Å². The molecule has 1 atom stereocenters. The lowest BCUT2D eigenvalue weighted by atomic mass is 10.1. The Hall–Kier alpha value is -1.04. The Bertz CT molecular complexity index is 422. The van der Waals surface area contributed by atoms with Gasteiger partial charge in [0, 0.05) is 37.7 Å². The summed E-state index contributed by atoms with van der Waals surface area (Å²) in [4.78, 5) is 14.6. The van der Waals surface area contributed by atoms with Gasteiger partial charge in [0.1, 0.15) is 6.04 Å². The van der Waals surface area contributed by atoms with Crippen molar-refractivity contribution in [3.05, 3.63) is 35.9 Å². The molecule has 0 spiro atoms.